The molecule has 1 rings (SSSR count). The fraction of sp³-hybridized carbons (Fsp3) is 0.500. The van der Waals surface area contributed by atoms with Gasteiger partial charge in [0.05, 0.1) is 7.11 Å². The van der Waals surface area contributed by atoms with Crippen LogP contribution in [-0.2, 0) is 4.79 Å². The summed E-state index contributed by atoms with van der Waals surface area (Å²) in [6.07, 6.45) is -0.574. The molecular formula is C14H22N2O3. The van der Waals surface area contributed by atoms with Crippen molar-refractivity contribution >= 4 is 5.91 Å². The van der Waals surface area contributed by atoms with Crippen molar-refractivity contribution in [3.8, 4) is 11.5 Å². The molecule has 0 spiro atoms. The van der Waals surface area contributed by atoms with E-state index in [0.29, 0.717) is 18.0 Å². The summed E-state index contributed by atoms with van der Waals surface area (Å²) >= 11 is 0. The van der Waals surface area contributed by atoms with E-state index in [-0.39, 0.29) is 11.9 Å². The zero-order valence-corrected chi connectivity index (χ0v) is 11.9. The van der Waals surface area contributed by atoms with Crippen LogP contribution in [0.3, 0.4) is 0 Å². The third-order valence-electron chi connectivity index (χ3n) is 2.74. The summed E-state index contributed by atoms with van der Waals surface area (Å²) in [6, 6.07) is 5.38. The number of carbonyl (C=O) groups excluding carboxylic acids is 1. The lowest BCUT2D eigenvalue weighted by atomic mass is 10.1. The van der Waals surface area contributed by atoms with E-state index in [9.17, 15) is 4.79 Å². The van der Waals surface area contributed by atoms with E-state index in [1.165, 1.54) is 0 Å². The van der Waals surface area contributed by atoms with Gasteiger partial charge in [-0.25, -0.2) is 0 Å². The molecule has 0 aromatic heterocycles. The summed E-state index contributed by atoms with van der Waals surface area (Å²) in [4.78, 5) is 11.6. The third kappa shape index (κ3) is 4.13. The summed E-state index contributed by atoms with van der Waals surface area (Å²) in [6.45, 7) is 6.03. The lowest BCUT2D eigenvalue weighted by Crippen LogP contribution is -2.36. The van der Waals surface area contributed by atoms with E-state index in [2.05, 4.69) is 5.32 Å². The van der Waals surface area contributed by atoms with Gasteiger partial charge in [0, 0.05) is 12.6 Å². The maximum atomic E-state index is 11.6. The smallest absolute Gasteiger partial charge is 0.260 e. The summed E-state index contributed by atoms with van der Waals surface area (Å²) in [7, 11) is 1.56. The topological polar surface area (TPSA) is 73.6 Å². The molecule has 5 nitrogen and oxygen atoms in total. The van der Waals surface area contributed by atoms with Gasteiger partial charge in [0.15, 0.2) is 17.6 Å². The number of likely N-dealkylation sites (N-methyl/N-ethyl adjacent to an activating group) is 1. The number of amides is 1. The van der Waals surface area contributed by atoms with Crippen molar-refractivity contribution in [3.63, 3.8) is 0 Å². The maximum absolute atomic E-state index is 11.6. The van der Waals surface area contributed by atoms with Crippen LogP contribution in [0.15, 0.2) is 18.2 Å². The van der Waals surface area contributed by atoms with Crippen molar-refractivity contribution < 1.29 is 14.3 Å². The molecule has 0 saturated carbocycles. The van der Waals surface area contributed by atoms with Gasteiger partial charge in [-0.2, -0.15) is 0 Å². The van der Waals surface area contributed by atoms with Crippen LogP contribution in [0, 0.1) is 0 Å². The Morgan fingerprint density at radius 3 is 2.58 bits per heavy atom. The number of methoxy groups -OCH3 is 1. The van der Waals surface area contributed by atoms with Crippen LogP contribution in [0.2, 0.25) is 0 Å². The number of hydrogen-bond donors (Lipinski definition) is 2. The highest BCUT2D eigenvalue weighted by Gasteiger charge is 2.16. The Hall–Kier alpha value is -1.75. The molecule has 0 fully saturated rings. The Labute approximate surface area is 114 Å². The normalized spacial score (nSPS) is 13.5. The predicted molar refractivity (Wildman–Crippen MR) is 74.4 cm³/mol. The molecule has 3 N–H and O–H groups in total. The van der Waals surface area contributed by atoms with E-state index in [4.69, 9.17) is 15.2 Å². The first-order chi connectivity index (χ1) is 8.99. The van der Waals surface area contributed by atoms with E-state index >= 15 is 0 Å². The second-order valence-corrected chi connectivity index (χ2v) is 4.35. The van der Waals surface area contributed by atoms with Crippen molar-refractivity contribution in [2.24, 2.45) is 5.73 Å². The summed E-state index contributed by atoms with van der Waals surface area (Å²) in [5.41, 5.74) is 6.77. The number of rotatable bonds is 6. The highest BCUT2D eigenvalue weighted by atomic mass is 16.5. The van der Waals surface area contributed by atoms with Crippen LogP contribution >= 0.6 is 0 Å². The quantitative estimate of drug-likeness (QED) is 0.820. The predicted octanol–water partition coefficient (Wildman–Crippen LogP) is 1.62. The second-order valence-electron chi connectivity index (χ2n) is 4.35. The van der Waals surface area contributed by atoms with Gasteiger partial charge in [-0.3, -0.25) is 4.79 Å². The number of benzene rings is 1. The Morgan fingerprint density at radius 1 is 1.37 bits per heavy atom. The van der Waals surface area contributed by atoms with E-state index in [1.54, 1.807) is 20.1 Å². The zero-order chi connectivity index (χ0) is 14.4. The fourth-order valence-corrected chi connectivity index (χ4v) is 1.63. The Morgan fingerprint density at radius 2 is 2.05 bits per heavy atom. The molecule has 2 atom stereocenters. The Balaban J connectivity index is 2.86. The third-order valence-corrected chi connectivity index (χ3v) is 2.74. The van der Waals surface area contributed by atoms with Crippen molar-refractivity contribution in [1.82, 2.24) is 5.32 Å². The summed E-state index contributed by atoms with van der Waals surface area (Å²) in [5.74, 6) is 0.956. The van der Waals surface area contributed by atoms with Gasteiger partial charge in [-0.15, -0.1) is 0 Å². The molecule has 106 valence electrons. The van der Waals surface area contributed by atoms with Crippen LogP contribution < -0.4 is 20.5 Å². The highest BCUT2D eigenvalue weighted by molar-refractivity contribution is 5.80. The molecule has 1 aromatic carbocycles. The van der Waals surface area contributed by atoms with Gasteiger partial charge in [0.1, 0.15) is 0 Å². The van der Waals surface area contributed by atoms with E-state index in [1.807, 2.05) is 26.0 Å². The monoisotopic (exact) mass is 266 g/mol. The molecule has 0 heterocycles. The number of nitrogens with two attached hydrogens (primary N) is 1. The number of carbonyl (C=O) groups is 1. The van der Waals surface area contributed by atoms with Crippen molar-refractivity contribution in [3.05, 3.63) is 23.8 Å². The molecule has 1 amide bonds. The standard InChI is InChI=1S/C14H22N2O3/c1-5-16-14(17)10(3)19-12-7-6-11(9(2)15)8-13(12)18-4/h6-10H,5,15H2,1-4H3,(H,16,17). The lowest BCUT2D eigenvalue weighted by Gasteiger charge is -2.17. The van der Waals surface area contributed by atoms with Crippen LogP contribution in [0.5, 0.6) is 11.5 Å². The fourth-order valence-electron chi connectivity index (χ4n) is 1.63. The second kappa shape index (κ2) is 6.99. The van der Waals surface area contributed by atoms with Gasteiger partial charge in [-0.1, -0.05) is 6.07 Å². The first-order valence-electron chi connectivity index (χ1n) is 6.37. The molecule has 0 bridgehead atoms. The van der Waals surface area contributed by atoms with Crippen LogP contribution in [0.1, 0.15) is 32.4 Å². The molecule has 0 aliphatic carbocycles. The molecule has 0 aliphatic heterocycles. The van der Waals surface area contributed by atoms with E-state index < -0.39 is 6.10 Å². The molecule has 5 heteroatoms. The average molecular weight is 266 g/mol. The summed E-state index contributed by atoms with van der Waals surface area (Å²) < 4.78 is 10.9. The van der Waals surface area contributed by atoms with Crippen LogP contribution in [0.4, 0.5) is 0 Å². The average Bonchev–Trinajstić information content (AvgIpc) is 2.39. The van der Waals surface area contributed by atoms with Gasteiger partial charge >= 0.3 is 0 Å². The number of hydrogen-bond acceptors (Lipinski definition) is 4. The highest BCUT2D eigenvalue weighted by Crippen LogP contribution is 2.30. The number of ether oxygens (including phenoxy) is 2. The number of nitrogens with one attached hydrogen (secondary N) is 1. The molecular weight excluding hydrogens is 244 g/mol. The Kier molecular flexibility index (Phi) is 5.63. The van der Waals surface area contributed by atoms with Gasteiger partial charge in [0.25, 0.3) is 5.91 Å². The first-order valence-corrected chi connectivity index (χ1v) is 6.37. The SMILES string of the molecule is CCNC(=O)C(C)Oc1ccc(C(C)N)cc1OC. The van der Waals surface area contributed by atoms with Gasteiger partial charge in [0.2, 0.25) is 0 Å². The first kappa shape index (κ1) is 15.3. The molecule has 0 radical (unpaired) electrons. The van der Waals surface area contributed by atoms with E-state index in [0.717, 1.165) is 5.56 Å². The van der Waals surface area contributed by atoms with Gasteiger partial charge in [-0.05, 0) is 38.5 Å². The van der Waals surface area contributed by atoms with Crippen molar-refractivity contribution in [2.75, 3.05) is 13.7 Å². The largest absolute Gasteiger partial charge is 0.493 e. The molecule has 2 unspecified atom stereocenters. The minimum Gasteiger partial charge on any atom is -0.493 e. The van der Waals surface area contributed by atoms with Crippen molar-refractivity contribution in [2.45, 2.75) is 32.9 Å². The van der Waals surface area contributed by atoms with Crippen LogP contribution in [0.25, 0.3) is 0 Å². The lowest BCUT2D eigenvalue weighted by molar-refractivity contribution is -0.127. The molecule has 1 aromatic rings. The minimum atomic E-state index is -0.574. The Bertz CT molecular complexity index is 433. The molecule has 0 saturated heterocycles. The summed E-state index contributed by atoms with van der Waals surface area (Å²) in [5, 5.41) is 2.71. The maximum Gasteiger partial charge on any atom is 0.260 e. The van der Waals surface area contributed by atoms with Crippen LogP contribution in [-0.4, -0.2) is 25.7 Å². The van der Waals surface area contributed by atoms with Crippen molar-refractivity contribution in [1.29, 1.82) is 0 Å². The van der Waals surface area contributed by atoms with Gasteiger partial charge < -0.3 is 20.5 Å². The minimum absolute atomic E-state index is 0.0798. The zero-order valence-electron chi connectivity index (χ0n) is 11.9. The molecule has 19 heavy (non-hydrogen) atoms. The molecule has 0 aliphatic rings.